The van der Waals surface area contributed by atoms with Crippen molar-refractivity contribution in [3.8, 4) is 11.6 Å². The molecule has 0 radical (unpaired) electrons. The van der Waals surface area contributed by atoms with Gasteiger partial charge in [0, 0.05) is 49.6 Å². The number of anilines is 1. The molecule has 0 bridgehead atoms. The fraction of sp³-hybridized carbons (Fsp3) is 0.577. The van der Waals surface area contributed by atoms with Crippen molar-refractivity contribution < 1.29 is 14.3 Å². The topological polar surface area (TPSA) is 108 Å². The molecule has 1 amide bonds. The minimum absolute atomic E-state index is 0.0380. The van der Waals surface area contributed by atoms with Gasteiger partial charge in [0.1, 0.15) is 11.3 Å². The second-order valence-corrected chi connectivity index (χ2v) is 11.2. The zero-order valence-electron chi connectivity index (χ0n) is 22.0. The number of ether oxygens (including phenoxy) is 2. The summed E-state index contributed by atoms with van der Waals surface area (Å²) >= 11 is 0. The van der Waals surface area contributed by atoms with Crippen LogP contribution in [0.2, 0.25) is 0 Å². The molecule has 1 aliphatic carbocycles. The summed E-state index contributed by atoms with van der Waals surface area (Å²) in [7, 11) is 1.56. The summed E-state index contributed by atoms with van der Waals surface area (Å²) < 4.78 is 13.1. The van der Waals surface area contributed by atoms with Crippen LogP contribution in [0.5, 0.6) is 5.88 Å². The fourth-order valence-corrected chi connectivity index (χ4v) is 5.88. The summed E-state index contributed by atoms with van der Waals surface area (Å²) in [4.78, 5) is 36.7. The number of aryl methyl sites for hydroxylation is 1. The van der Waals surface area contributed by atoms with Crippen LogP contribution in [0.15, 0.2) is 23.1 Å². The van der Waals surface area contributed by atoms with Crippen molar-refractivity contribution in [2.75, 3.05) is 25.1 Å². The third-order valence-corrected chi connectivity index (χ3v) is 7.73. The van der Waals surface area contributed by atoms with E-state index in [1.54, 1.807) is 25.4 Å². The lowest BCUT2D eigenvalue weighted by Gasteiger charge is -2.54. The van der Waals surface area contributed by atoms with Crippen LogP contribution >= 0.6 is 0 Å². The summed E-state index contributed by atoms with van der Waals surface area (Å²) in [6.07, 6.45) is 4.13. The Balaban J connectivity index is 1.41. The second kappa shape index (κ2) is 8.46. The van der Waals surface area contributed by atoms with E-state index in [0.717, 1.165) is 37.2 Å². The maximum Gasteiger partial charge on any atom is 0.410 e. The van der Waals surface area contributed by atoms with Crippen LogP contribution < -0.4 is 15.1 Å². The first-order valence-corrected chi connectivity index (χ1v) is 13.0. The molecule has 2 fully saturated rings. The van der Waals surface area contributed by atoms with E-state index in [1.807, 2.05) is 25.7 Å². The van der Waals surface area contributed by atoms with Gasteiger partial charge in [-0.3, -0.25) is 4.79 Å². The number of rotatable bonds is 3. The number of hydrogen-bond acceptors (Lipinski definition) is 8. The number of carbonyl (C=O) groups excluding carboxylic acids is 1. The standard InChI is InChI=1S/C26H33N7O4/c1-15-9-11-32-21(15)22(30-12-13-31(18-7-6-17(18)30)25(35)37-26(2,3)4)23(34)20-24(32)29-33(28-20)16-8-10-27-19(14-16)36-5/h8,10,14-15,17-18H,6-7,9,11-13H2,1-5H3/t15-,17+,18+/m1/s1. The molecule has 1 saturated heterocycles. The Morgan fingerprint density at radius 1 is 1.08 bits per heavy atom. The van der Waals surface area contributed by atoms with Crippen LogP contribution in [0.3, 0.4) is 0 Å². The van der Waals surface area contributed by atoms with Crippen molar-refractivity contribution in [2.24, 2.45) is 0 Å². The first kappa shape index (κ1) is 23.7. The van der Waals surface area contributed by atoms with Gasteiger partial charge in [-0.1, -0.05) is 6.92 Å². The monoisotopic (exact) mass is 507 g/mol. The molecule has 0 N–H and O–H groups in total. The summed E-state index contributed by atoms with van der Waals surface area (Å²) in [5.41, 5.74) is 2.73. The largest absolute Gasteiger partial charge is 0.481 e. The Labute approximate surface area is 215 Å². The number of amides is 1. The Hall–Kier alpha value is -3.63. The van der Waals surface area contributed by atoms with E-state index in [9.17, 15) is 9.59 Å². The molecule has 196 valence electrons. The van der Waals surface area contributed by atoms with Crippen LogP contribution in [0.4, 0.5) is 10.5 Å². The van der Waals surface area contributed by atoms with E-state index < -0.39 is 5.60 Å². The van der Waals surface area contributed by atoms with E-state index in [0.29, 0.717) is 35.8 Å². The Kier molecular flexibility index (Phi) is 5.43. The Morgan fingerprint density at radius 2 is 1.86 bits per heavy atom. The second-order valence-electron chi connectivity index (χ2n) is 11.2. The molecule has 3 aromatic heterocycles. The van der Waals surface area contributed by atoms with Crippen LogP contribution in [-0.4, -0.2) is 73.4 Å². The minimum atomic E-state index is -0.543. The molecular formula is C26H33N7O4. The van der Waals surface area contributed by atoms with Crippen molar-refractivity contribution in [1.82, 2.24) is 29.4 Å². The lowest BCUT2D eigenvalue weighted by Crippen LogP contribution is -2.67. The quantitative estimate of drug-likeness (QED) is 0.532. The zero-order valence-corrected chi connectivity index (χ0v) is 22.0. The van der Waals surface area contributed by atoms with E-state index >= 15 is 0 Å². The molecule has 0 aromatic carbocycles. The highest BCUT2D eigenvalue weighted by atomic mass is 16.6. The van der Waals surface area contributed by atoms with E-state index in [4.69, 9.17) is 14.6 Å². The Bertz CT molecular complexity index is 1440. The molecule has 0 unspecified atom stereocenters. The average molecular weight is 508 g/mol. The van der Waals surface area contributed by atoms with Gasteiger partial charge in [0.05, 0.1) is 18.8 Å². The molecule has 3 atom stereocenters. The molecule has 0 spiro atoms. The predicted octanol–water partition coefficient (Wildman–Crippen LogP) is 3.08. The van der Waals surface area contributed by atoms with Gasteiger partial charge < -0.3 is 23.8 Å². The lowest BCUT2D eigenvalue weighted by molar-refractivity contribution is -0.00450. The molecule has 11 heteroatoms. The number of aromatic nitrogens is 5. The van der Waals surface area contributed by atoms with Gasteiger partial charge in [-0.2, -0.15) is 0 Å². The first-order chi connectivity index (χ1) is 17.7. The molecular weight excluding hydrogens is 474 g/mol. The van der Waals surface area contributed by atoms with Crippen LogP contribution in [0.25, 0.3) is 16.9 Å². The van der Waals surface area contributed by atoms with Crippen LogP contribution in [0, 0.1) is 0 Å². The third kappa shape index (κ3) is 3.82. The van der Waals surface area contributed by atoms with Crippen molar-refractivity contribution in [1.29, 1.82) is 0 Å². The number of pyridine rings is 2. The van der Waals surface area contributed by atoms with E-state index in [1.165, 1.54) is 4.80 Å². The molecule has 6 rings (SSSR count). The number of methoxy groups -OCH3 is 1. The molecule has 3 aliphatic rings. The SMILES string of the molecule is COc1cc(-n2nc3c(=O)c(N4CCN(C(=O)OC(C)(C)C)[C@H]5CC[C@@H]54)c4n(c3n2)CC[C@H]4C)ccn1. The molecule has 37 heavy (non-hydrogen) atoms. The lowest BCUT2D eigenvalue weighted by atomic mass is 9.81. The smallest absolute Gasteiger partial charge is 0.410 e. The van der Waals surface area contributed by atoms with Gasteiger partial charge in [0.2, 0.25) is 11.3 Å². The van der Waals surface area contributed by atoms with Crippen molar-refractivity contribution in [3.05, 3.63) is 34.2 Å². The summed E-state index contributed by atoms with van der Waals surface area (Å²) in [6, 6.07) is 3.65. The minimum Gasteiger partial charge on any atom is -0.481 e. The van der Waals surface area contributed by atoms with Crippen LogP contribution in [-0.2, 0) is 11.3 Å². The summed E-state index contributed by atoms with van der Waals surface area (Å²) in [5.74, 6) is 0.674. The maximum atomic E-state index is 14.1. The van der Waals surface area contributed by atoms with Crippen molar-refractivity contribution in [2.45, 2.75) is 77.1 Å². The number of piperazine rings is 1. The average Bonchev–Trinajstić information content (AvgIpc) is 3.44. The highest BCUT2D eigenvalue weighted by Gasteiger charge is 2.48. The van der Waals surface area contributed by atoms with Crippen molar-refractivity contribution in [3.63, 3.8) is 0 Å². The molecule has 1 saturated carbocycles. The molecule has 5 heterocycles. The highest BCUT2D eigenvalue weighted by molar-refractivity contribution is 5.78. The normalized spacial score (nSPS) is 23.0. The molecule has 2 aliphatic heterocycles. The van der Waals surface area contributed by atoms with E-state index in [2.05, 4.69) is 26.5 Å². The number of fused-ring (bicyclic) bond motifs is 4. The Morgan fingerprint density at radius 3 is 2.57 bits per heavy atom. The molecule has 3 aromatic rings. The molecule has 11 nitrogen and oxygen atoms in total. The van der Waals surface area contributed by atoms with Gasteiger partial charge in [-0.05, 0) is 46.1 Å². The summed E-state index contributed by atoms with van der Waals surface area (Å²) in [6.45, 7) is 9.70. The van der Waals surface area contributed by atoms with Gasteiger partial charge in [0.15, 0.2) is 11.2 Å². The maximum absolute atomic E-state index is 14.1. The number of nitrogens with zero attached hydrogens (tertiary/aromatic N) is 7. The van der Waals surface area contributed by atoms with Gasteiger partial charge in [0.25, 0.3) is 0 Å². The van der Waals surface area contributed by atoms with E-state index in [-0.39, 0.29) is 29.5 Å². The highest BCUT2D eigenvalue weighted by Crippen LogP contribution is 2.41. The number of hydrogen-bond donors (Lipinski definition) is 0. The van der Waals surface area contributed by atoms with Gasteiger partial charge >= 0.3 is 6.09 Å². The third-order valence-electron chi connectivity index (χ3n) is 7.73. The summed E-state index contributed by atoms with van der Waals surface area (Å²) in [5, 5.41) is 9.37. The zero-order chi connectivity index (χ0) is 26.1. The predicted molar refractivity (Wildman–Crippen MR) is 138 cm³/mol. The van der Waals surface area contributed by atoms with Crippen molar-refractivity contribution >= 4 is 22.9 Å². The fourth-order valence-electron chi connectivity index (χ4n) is 5.88. The van der Waals surface area contributed by atoms with Gasteiger partial charge in [-0.25, -0.2) is 9.78 Å². The number of carbonyl (C=O) groups is 1. The van der Waals surface area contributed by atoms with Gasteiger partial charge in [-0.15, -0.1) is 15.0 Å². The first-order valence-electron chi connectivity index (χ1n) is 13.0. The van der Waals surface area contributed by atoms with Crippen LogP contribution in [0.1, 0.15) is 58.6 Å².